The highest BCUT2D eigenvalue weighted by Crippen LogP contribution is 2.39. The van der Waals surface area contributed by atoms with E-state index >= 15 is 0 Å². The number of anilines is 1. The normalized spacial score (nSPS) is 17.1. The van der Waals surface area contributed by atoms with Crippen molar-refractivity contribution in [3.8, 4) is 0 Å². The fourth-order valence-corrected chi connectivity index (χ4v) is 5.08. The molecule has 0 aromatic heterocycles. The molecule has 2 amide bonds. The number of nitrogens with one attached hydrogen (secondary N) is 1. The van der Waals surface area contributed by atoms with E-state index in [0.29, 0.717) is 9.14 Å². The van der Waals surface area contributed by atoms with E-state index in [1.165, 1.54) is 22.3 Å². The van der Waals surface area contributed by atoms with Crippen LogP contribution >= 0.6 is 11.8 Å². The minimum Gasteiger partial charge on any atom is -0.439 e. The average molecular weight is 406 g/mol. The highest BCUT2D eigenvalue weighted by molar-refractivity contribution is 8.16. The van der Waals surface area contributed by atoms with Gasteiger partial charge in [-0.25, -0.2) is 4.79 Å². The monoisotopic (exact) mass is 405 g/mol. The highest BCUT2D eigenvalue weighted by Gasteiger charge is 2.26. The predicted octanol–water partition coefficient (Wildman–Crippen LogP) is 4.83. The number of thioether (sulfide) groups is 1. The molecule has 2 aliphatic carbocycles. The maximum atomic E-state index is 12.5. The number of allylic oxidation sites excluding steroid dienone is 1. The lowest BCUT2D eigenvalue weighted by atomic mass is 9.83. The van der Waals surface area contributed by atoms with E-state index in [1.54, 1.807) is 26.8 Å². The number of benzene rings is 1. The zero-order valence-electron chi connectivity index (χ0n) is 15.9. The number of carbonyl (C=O) groups is 1. The van der Waals surface area contributed by atoms with Crippen molar-refractivity contribution in [3.05, 3.63) is 50.1 Å². The molecule has 3 rings (SSSR count). The summed E-state index contributed by atoms with van der Waals surface area (Å²) in [5, 5.41) is 12.9. The Bertz CT molecular complexity index is 920. The van der Waals surface area contributed by atoms with Gasteiger partial charge >= 0.3 is 6.03 Å². The summed E-state index contributed by atoms with van der Waals surface area (Å²) in [6, 6.07) is 1.67. The first kappa shape index (κ1) is 20.2. The Hall–Kier alpha value is -1.57. The number of carbonyl (C=O) groups excluding carboxylic acids is 1. The summed E-state index contributed by atoms with van der Waals surface area (Å²) in [5.74, 6) is 0. The summed E-state index contributed by atoms with van der Waals surface area (Å²) >= 11 is 1.09. The molecule has 0 unspecified atom stereocenters. The van der Waals surface area contributed by atoms with Gasteiger partial charge in [0.15, 0.2) is 0 Å². The third-order valence-corrected chi connectivity index (χ3v) is 7.73. The van der Waals surface area contributed by atoms with Crippen molar-refractivity contribution in [1.29, 1.82) is 0 Å². The lowest BCUT2D eigenvalue weighted by Crippen LogP contribution is -2.19. The maximum Gasteiger partial charge on any atom is 0.322 e. The van der Waals surface area contributed by atoms with Crippen molar-refractivity contribution in [1.82, 2.24) is 0 Å². The molecule has 0 heterocycles. The molecule has 7 heteroatoms. The van der Waals surface area contributed by atoms with Crippen LogP contribution in [0.15, 0.2) is 32.2 Å². The van der Waals surface area contributed by atoms with Crippen molar-refractivity contribution in [3.63, 3.8) is 0 Å². The van der Waals surface area contributed by atoms with Crippen molar-refractivity contribution in [2.24, 2.45) is 4.36 Å². The fraction of sp³-hybridized carbons (Fsp3) is 0.450. The Kier molecular flexibility index (Phi) is 5.84. The number of hydrogen-bond donors (Lipinski definition) is 2. The van der Waals surface area contributed by atoms with E-state index in [0.717, 1.165) is 49.6 Å². The molecule has 2 aliphatic rings. The number of amides is 2. The molecule has 0 aliphatic heterocycles. The summed E-state index contributed by atoms with van der Waals surface area (Å²) < 4.78 is 16.7. The van der Waals surface area contributed by atoms with Crippen molar-refractivity contribution >= 4 is 34.1 Å². The van der Waals surface area contributed by atoms with Crippen LogP contribution in [0.25, 0.3) is 0 Å². The molecule has 0 saturated carbocycles. The molecular formula is C20H25N2O3S2-. The van der Waals surface area contributed by atoms with Crippen LogP contribution in [-0.2, 0) is 40.5 Å². The fourth-order valence-electron chi connectivity index (χ4n) is 3.29. The number of fused-ring (bicyclic) bond motifs is 2. The van der Waals surface area contributed by atoms with Gasteiger partial charge in [0.2, 0.25) is 0 Å². The van der Waals surface area contributed by atoms with Crippen LogP contribution in [-0.4, -0.2) is 16.7 Å². The average Bonchev–Trinajstić information content (AvgIpc) is 3.02. The van der Waals surface area contributed by atoms with Crippen LogP contribution in [0.5, 0.6) is 0 Å². The van der Waals surface area contributed by atoms with Gasteiger partial charge in [-0.1, -0.05) is 23.0 Å². The van der Waals surface area contributed by atoms with Gasteiger partial charge in [-0.3, -0.25) is 0 Å². The zero-order chi connectivity index (χ0) is 19.8. The van der Waals surface area contributed by atoms with E-state index in [9.17, 15) is 14.1 Å². The molecular weight excluding hydrogens is 380 g/mol. The third-order valence-electron chi connectivity index (χ3n) is 4.96. The Labute approximate surface area is 166 Å². The number of aryl methyl sites for hydroxylation is 2. The molecule has 0 bridgehead atoms. The van der Waals surface area contributed by atoms with Crippen LogP contribution in [0.3, 0.4) is 0 Å². The lowest BCUT2D eigenvalue weighted by Gasteiger charge is -2.26. The summed E-state index contributed by atoms with van der Waals surface area (Å²) in [6.07, 6.45) is 6.75. The first-order chi connectivity index (χ1) is 12.7. The van der Waals surface area contributed by atoms with E-state index in [4.69, 9.17) is 0 Å². The smallest absolute Gasteiger partial charge is 0.322 e. The second-order valence-corrected chi connectivity index (χ2v) is 9.86. The van der Waals surface area contributed by atoms with Crippen LogP contribution < -0.4 is 5.32 Å². The zero-order valence-corrected chi connectivity index (χ0v) is 17.6. The molecule has 2 N–H and O–H groups in total. The van der Waals surface area contributed by atoms with Crippen molar-refractivity contribution in [2.45, 2.75) is 58.5 Å². The number of hydrogen-bond acceptors (Lipinski definition) is 5. The van der Waals surface area contributed by atoms with Crippen molar-refractivity contribution < 1.29 is 14.1 Å². The number of aliphatic hydroxyl groups is 1. The van der Waals surface area contributed by atoms with E-state index in [-0.39, 0.29) is 0 Å². The highest BCUT2D eigenvalue weighted by atomic mass is 32.2. The molecule has 1 aromatic carbocycles. The summed E-state index contributed by atoms with van der Waals surface area (Å²) in [4.78, 5) is 12.9. The second kappa shape index (κ2) is 7.81. The second-order valence-electron chi connectivity index (χ2n) is 7.34. The summed E-state index contributed by atoms with van der Waals surface area (Å²) in [5.41, 5.74) is 4.79. The number of rotatable bonds is 5. The van der Waals surface area contributed by atoms with Gasteiger partial charge in [0.25, 0.3) is 0 Å². The first-order valence-corrected chi connectivity index (χ1v) is 11.0. The van der Waals surface area contributed by atoms with E-state index in [1.807, 2.05) is 0 Å². The van der Waals surface area contributed by atoms with Gasteiger partial charge in [-0.2, -0.15) is 0 Å². The SMILES string of the molecule is C=C(SC(=CC)[S-](=O)=NC(=O)Nc1c2c(cc3c1CC3)CCC2)C(C)(C)O. The number of urea groups is 1. The third kappa shape index (κ3) is 4.31. The van der Waals surface area contributed by atoms with Crippen LogP contribution in [0.4, 0.5) is 10.5 Å². The van der Waals surface area contributed by atoms with Gasteiger partial charge in [0.1, 0.15) is 0 Å². The quantitative estimate of drug-likeness (QED) is 0.688. The molecule has 5 nitrogen and oxygen atoms in total. The molecule has 1 aromatic rings. The first-order valence-electron chi connectivity index (χ1n) is 9.07. The van der Waals surface area contributed by atoms with Gasteiger partial charge < -0.3 is 19.0 Å². The molecule has 146 valence electrons. The minimum atomic E-state index is -1.84. The molecule has 27 heavy (non-hydrogen) atoms. The van der Waals surface area contributed by atoms with Gasteiger partial charge in [0, 0.05) is 10.6 Å². The Morgan fingerprint density at radius 2 is 1.96 bits per heavy atom. The molecule has 0 saturated heterocycles. The largest absolute Gasteiger partial charge is 0.439 e. The van der Waals surface area contributed by atoms with Crippen LogP contribution in [0.2, 0.25) is 0 Å². The molecule has 0 radical (unpaired) electrons. The van der Waals surface area contributed by atoms with Crippen LogP contribution in [0.1, 0.15) is 49.4 Å². The van der Waals surface area contributed by atoms with Crippen molar-refractivity contribution in [2.75, 3.05) is 5.32 Å². The topological polar surface area (TPSA) is 78.8 Å². The Morgan fingerprint density at radius 3 is 2.56 bits per heavy atom. The van der Waals surface area contributed by atoms with Gasteiger partial charge in [-0.15, -0.1) is 22.4 Å². The Balaban J connectivity index is 1.78. The van der Waals surface area contributed by atoms with Gasteiger partial charge in [0.05, 0.1) is 5.60 Å². The van der Waals surface area contributed by atoms with Gasteiger partial charge in [-0.05, 0) is 75.1 Å². The van der Waals surface area contributed by atoms with E-state index < -0.39 is 22.2 Å². The minimum absolute atomic E-state index is 0.378. The predicted molar refractivity (Wildman–Crippen MR) is 112 cm³/mol. The summed E-state index contributed by atoms with van der Waals surface area (Å²) in [6.45, 7) is 8.74. The standard InChI is InChI=1S/C20H25N2O3S2/c1-5-17(26-12(2)20(3,4)24)27(25)22-19(23)21-18-15-8-6-7-13(15)11-14-9-10-16(14)18/h5,11,24H,2,6-10H2,1,3-4H3,(H,21,23)/q-1. The molecule has 0 spiro atoms. The summed E-state index contributed by atoms with van der Waals surface area (Å²) in [7, 11) is -1.84. The molecule has 0 fully saturated rings. The number of nitrogens with zero attached hydrogens (tertiary/aromatic N) is 1. The Morgan fingerprint density at radius 1 is 1.30 bits per heavy atom. The van der Waals surface area contributed by atoms with E-state index in [2.05, 4.69) is 22.3 Å². The van der Waals surface area contributed by atoms with Crippen LogP contribution in [0, 0.1) is 0 Å². The lowest BCUT2D eigenvalue weighted by molar-refractivity contribution is 0.129. The molecule has 0 atom stereocenters. The maximum absolute atomic E-state index is 12.5.